The summed E-state index contributed by atoms with van der Waals surface area (Å²) in [5, 5.41) is 9.26. The third-order valence-electron chi connectivity index (χ3n) is 3.34. The van der Waals surface area contributed by atoms with Gasteiger partial charge in [-0.15, -0.1) is 0 Å². The summed E-state index contributed by atoms with van der Waals surface area (Å²) in [5.41, 5.74) is 2.77. The summed E-state index contributed by atoms with van der Waals surface area (Å²) in [6.07, 6.45) is 2.55. The summed E-state index contributed by atoms with van der Waals surface area (Å²) in [6, 6.07) is 5.03. The lowest BCUT2D eigenvalue weighted by Gasteiger charge is -2.28. The molecule has 0 bridgehead atoms. The SMILES string of the molecule is CCc1cccc(CC)c1N(C=O)C(CC)C(=O)O. The van der Waals surface area contributed by atoms with Gasteiger partial charge < -0.3 is 10.0 Å². The van der Waals surface area contributed by atoms with E-state index in [1.165, 1.54) is 4.90 Å². The van der Waals surface area contributed by atoms with Crippen LogP contribution in [0, 0.1) is 0 Å². The van der Waals surface area contributed by atoms with Gasteiger partial charge in [-0.05, 0) is 30.4 Å². The van der Waals surface area contributed by atoms with Crippen molar-refractivity contribution in [3.05, 3.63) is 29.3 Å². The first-order valence-electron chi connectivity index (χ1n) is 6.67. The van der Waals surface area contributed by atoms with Crippen LogP contribution in [0.3, 0.4) is 0 Å². The van der Waals surface area contributed by atoms with E-state index in [0.717, 1.165) is 29.7 Å². The minimum Gasteiger partial charge on any atom is -0.480 e. The lowest BCUT2D eigenvalue weighted by molar-refractivity contribution is -0.139. The van der Waals surface area contributed by atoms with Crippen molar-refractivity contribution in [3.8, 4) is 0 Å². The average Bonchev–Trinajstić information content (AvgIpc) is 2.43. The van der Waals surface area contributed by atoms with Crippen LogP contribution in [0.4, 0.5) is 5.69 Å². The number of aliphatic carboxylic acids is 1. The van der Waals surface area contributed by atoms with E-state index >= 15 is 0 Å². The number of aryl methyl sites for hydroxylation is 2. The van der Waals surface area contributed by atoms with Gasteiger partial charge in [0, 0.05) is 0 Å². The Morgan fingerprint density at radius 3 is 2.11 bits per heavy atom. The van der Waals surface area contributed by atoms with Crippen LogP contribution in [0.2, 0.25) is 0 Å². The summed E-state index contributed by atoms with van der Waals surface area (Å²) in [4.78, 5) is 24.1. The van der Waals surface area contributed by atoms with Crippen LogP contribution in [0.5, 0.6) is 0 Å². The van der Waals surface area contributed by atoms with Crippen molar-refractivity contribution in [1.29, 1.82) is 0 Å². The Morgan fingerprint density at radius 2 is 1.79 bits per heavy atom. The second-order valence-electron chi connectivity index (χ2n) is 4.41. The van der Waals surface area contributed by atoms with Crippen LogP contribution in [0.1, 0.15) is 38.3 Å². The normalized spacial score (nSPS) is 11.9. The molecule has 0 spiro atoms. The molecule has 0 aliphatic heterocycles. The maximum absolute atomic E-state index is 11.4. The highest BCUT2D eigenvalue weighted by Gasteiger charge is 2.26. The van der Waals surface area contributed by atoms with Crippen molar-refractivity contribution in [1.82, 2.24) is 0 Å². The molecule has 0 saturated heterocycles. The van der Waals surface area contributed by atoms with Gasteiger partial charge in [0.2, 0.25) is 6.41 Å². The van der Waals surface area contributed by atoms with Crippen molar-refractivity contribution >= 4 is 18.1 Å². The third-order valence-corrected chi connectivity index (χ3v) is 3.34. The van der Waals surface area contributed by atoms with E-state index in [9.17, 15) is 14.7 Å². The summed E-state index contributed by atoms with van der Waals surface area (Å²) in [7, 11) is 0. The first-order valence-corrected chi connectivity index (χ1v) is 6.67. The summed E-state index contributed by atoms with van der Waals surface area (Å²) < 4.78 is 0. The maximum Gasteiger partial charge on any atom is 0.326 e. The van der Waals surface area contributed by atoms with Crippen molar-refractivity contribution in [2.75, 3.05) is 4.90 Å². The number of carboxylic acids is 1. The van der Waals surface area contributed by atoms with Gasteiger partial charge in [0.1, 0.15) is 6.04 Å². The highest BCUT2D eigenvalue weighted by molar-refractivity contribution is 5.89. The fourth-order valence-electron chi connectivity index (χ4n) is 2.32. The molecule has 0 aromatic heterocycles. The highest BCUT2D eigenvalue weighted by Crippen LogP contribution is 2.28. The zero-order chi connectivity index (χ0) is 14.4. The number of hydrogen-bond donors (Lipinski definition) is 1. The Labute approximate surface area is 114 Å². The molecule has 1 amide bonds. The van der Waals surface area contributed by atoms with Gasteiger partial charge in [-0.1, -0.05) is 39.0 Å². The molecule has 0 saturated carbocycles. The lowest BCUT2D eigenvalue weighted by Crippen LogP contribution is -2.41. The molecular formula is C15H21NO3. The van der Waals surface area contributed by atoms with Gasteiger partial charge in [0.15, 0.2) is 0 Å². The largest absolute Gasteiger partial charge is 0.480 e. The topological polar surface area (TPSA) is 57.6 Å². The van der Waals surface area contributed by atoms with Crippen LogP contribution in [0.25, 0.3) is 0 Å². The first-order chi connectivity index (χ1) is 9.10. The number of rotatable bonds is 7. The molecule has 4 nitrogen and oxygen atoms in total. The van der Waals surface area contributed by atoms with Gasteiger partial charge >= 0.3 is 5.97 Å². The maximum atomic E-state index is 11.4. The molecular weight excluding hydrogens is 242 g/mol. The van der Waals surface area contributed by atoms with E-state index < -0.39 is 12.0 Å². The van der Waals surface area contributed by atoms with Crippen LogP contribution in [-0.4, -0.2) is 23.5 Å². The second-order valence-corrected chi connectivity index (χ2v) is 4.41. The van der Waals surface area contributed by atoms with Gasteiger partial charge in [-0.3, -0.25) is 4.79 Å². The Morgan fingerprint density at radius 1 is 1.26 bits per heavy atom. The standard InChI is InChI=1S/C15H21NO3/c1-4-11-8-7-9-12(5-2)14(11)16(10-17)13(6-3)15(18)19/h7-10,13H,4-6H2,1-3H3,(H,18,19). The zero-order valence-electron chi connectivity index (χ0n) is 11.7. The number of anilines is 1. The molecule has 0 aliphatic rings. The molecule has 0 heterocycles. The zero-order valence-corrected chi connectivity index (χ0v) is 11.7. The highest BCUT2D eigenvalue weighted by atomic mass is 16.4. The van der Waals surface area contributed by atoms with Crippen molar-refractivity contribution < 1.29 is 14.7 Å². The molecule has 19 heavy (non-hydrogen) atoms. The monoisotopic (exact) mass is 263 g/mol. The Hall–Kier alpha value is -1.84. The molecule has 1 aromatic carbocycles. The van der Waals surface area contributed by atoms with Crippen LogP contribution in [0.15, 0.2) is 18.2 Å². The fraction of sp³-hybridized carbons (Fsp3) is 0.467. The molecule has 0 radical (unpaired) electrons. The Kier molecular flexibility index (Phi) is 5.55. The van der Waals surface area contributed by atoms with Gasteiger partial charge in [0.25, 0.3) is 0 Å². The molecule has 1 atom stereocenters. The predicted octanol–water partition coefficient (Wildman–Crippen LogP) is 2.64. The number of carboxylic acid groups (broad SMARTS) is 1. The third kappa shape index (κ3) is 3.13. The van der Waals surface area contributed by atoms with E-state index in [2.05, 4.69) is 0 Å². The average molecular weight is 263 g/mol. The van der Waals surface area contributed by atoms with Gasteiger partial charge in [-0.2, -0.15) is 0 Å². The van der Waals surface area contributed by atoms with Crippen molar-refractivity contribution in [2.45, 2.75) is 46.1 Å². The molecule has 1 unspecified atom stereocenters. The van der Waals surface area contributed by atoms with E-state index in [1.54, 1.807) is 6.92 Å². The van der Waals surface area contributed by atoms with Gasteiger partial charge in [0.05, 0.1) is 5.69 Å². The summed E-state index contributed by atoms with van der Waals surface area (Å²) in [6.45, 7) is 5.78. The Balaban J connectivity index is 3.38. The number of carbonyl (C=O) groups excluding carboxylic acids is 1. The lowest BCUT2D eigenvalue weighted by atomic mass is 10.0. The molecule has 0 fully saturated rings. The number of nitrogens with zero attached hydrogens (tertiary/aromatic N) is 1. The molecule has 104 valence electrons. The summed E-state index contributed by atoms with van der Waals surface area (Å²) >= 11 is 0. The van der Waals surface area contributed by atoms with E-state index in [1.807, 2.05) is 32.0 Å². The molecule has 0 aliphatic carbocycles. The van der Waals surface area contributed by atoms with E-state index in [4.69, 9.17) is 0 Å². The first kappa shape index (κ1) is 15.2. The van der Waals surface area contributed by atoms with Crippen molar-refractivity contribution in [2.24, 2.45) is 0 Å². The number of carbonyl (C=O) groups is 2. The quantitative estimate of drug-likeness (QED) is 0.769. The van der Waals surface area contributed by atoms with Crippen LogP contribution in [-0.2, 0) is 22.4 Å². The van der Waals surface area contributed by atoms with E-state index in [-0.39, 0.29) is 0 Å². The number of para-hydroxylation sites is 1. The van der Waals surface area contributed by atoms with Crippen molar-refractivity contribution in [3.63, 3.8) is 0 Å². The van der Waals surface area contributed by atoms with Crippen LogP contribution < -0.4 is 4.90 Å². The van der Waals surface area contributed by atoms with Crippen LogP contribution >= 0.6 is 0 Å². The van der Waals surface area contributed by atoms with E-state index in [0.29, 0.717) is 12.8 Å². The number of benzene rings is 1. The fourth-order valence-corrected chi connectivity index (χ4v) is 2.32. The second kappa shape index (κ2) is 6.92. The minimum absolute atomic E-state index is 0.384. The number of hydrogen-bond acceptors (Lipinski definition) is 2. The number of amides is 1. The molecule has 4 heteroatoms. The molecule has 1 rings (SSSR count). The predicted molar refractivity (Wildman–Crippen MR) is 75.5 cm³/mol. The smallest absolute Gasteiger partial charge is 0.326 e. The molecule has 1 N–H and O–H groups in total. The van der Waals surface area contributed by atoms with Gasteiger partial charge in [-0.25, -0.2) is 4.79 Å². The minimum atomic E-state index is -0.970. The molecule has 1 aromatic rings. The summed E-state index contributed by atoms with van der Waals surface area (Å²) in [5.74, 6) is -0.970. The Bertz CT molecular complexity index is 434.